The van der Waals surface area contributed by atoms with Gasteiger partial charge in [0.05, 0.1) is 5.56 Å². The number of aromatic nitrogens is 1. The molecule has 1 saturated carbocycles. The molecule has 0 aliphatic heterocycles. The molecule has 126 valence electrons. The van der Waals surface area contributed by atoms with Crippen LogP contribution in [0.2, 0.25) is 0 Å². The number of benzene rings is 1. The van der Waals surface area contributed by atoms with Crippen molar-refractivity contribution in [1.29, 1.82) is 0 Å². The lowest BCUT2D eigenvalue weighted by atomic mass is 10.1. The summed E-state index contributed by atoms with van der Waals surface area (Å²) in [6.45, 7) is 0. The smallest absolute Gasteiger partial charge is 0.327 e. The third-order valence-corrected chi connectivity index (χ3v) is 4.39. The number of hydrogen-bond acceptors (Lipinski definition) is 2. The maximum absolute atomic E-state index is 12.7. The van der Waals surface area contributed by atoms with E-state index in [2.05, 4.69) is 21.2 Å². The normalized spacial score (nSPS) is 19.8. The van der Waals surface area contributed by atoms with Crippen LogP contribution in [-0.4, -0.2) is 10.9 Å². The quantitative estimate of drug-likeness (QED) is 0.820. The van der Waals surface area contributed by atoms with E-state index in [0.29, 0.717) is 18.7 Å². The Labute approximate surface area is 143 Å². The fourth-order valence-electron chi connectivity index (χ4n) is 2.56. The van der Waals surface area contributed by atoms with Crippen LogP contribution < -0.4 is 10.9 Å². The number of aromatic amines is 1. The molecule has 1 heterocycles. The van der Waals surface area contributed by atoms with Gasteiger partial charge in [0.25, 0.3) is 5.56 Å². The van der Waals surface area contributed by atoms with E-state index in [-0.39, 0.29) is 11.8 Å². The molecule has 2 atom stereocenters. The van der Waals surface area contributed by atoms with E-state index in [1.807, 2.05) is 29.2 Å². The lowest BCUT2D eigenvalue weighted by Gasteiger charge is -2.09. The summed E-state index contributed by atoms with van der Waals surface area (Å²) in [5, 5.41) is 2.30. The van der Waals surface area contributed by atoms with Gasteiger partial charge in [0.2, 0.25) is 5.91 Å². The number of halogens is 4. The molecule has 4 nitrogen and oxygen atoms in total. The van der Waals surface area contributed by atoms with Gasteiger partial charge in [0, 0.05) is 16.6 Å². The van der Waals surface area contributed by atoms with E-state index < -0.39 is 28.9 Å². The molecule has 0 spiro atoms. The van der Waals surface area contributed by atoms with E-state index in [9.17, 15) is 22.8 Å². The minimum atomic E-state index is -4.60. The summed E-state index contributed by atoms with van der Waals surface area (Å²) in [6.07, 6.45) is -3.42. The number of anilines is 1. The molecule has 1 amide bonds. The Morgan fingerprint density at radius 1 is 1.29 bits per heavy atom. The molecule has 3 rings (SSSR count). The van der Waals surface area contributed by atoms with Crippen molar-refractivity contribution in [3.8, 4) is 0 Å². The molecular weight excluding hydrogens is 389 g/mol. The van der Waals surface area contributed by atoms with Gasteiger partial charge in [-0.3, -0.25) is 9.59 Å². The van der Waals surface area contributed by atoms with Gasteiger partial charge in [-0.15, -0.1) is 0 Å². The summed E-state index contributed by atoms with van der Waals surface area (Å²) in [4.78, 5) is 25.8. The van der Waals surface area contributed by atoms with Crippen LogP contribution in [0.4, 0.5) is 18.9 Å². The van der Waals surface area contributed by atoms with E-state index in [0.717, 1.165) is 10.0 Å². The maximum Gasteiger partial charge on any atom is 0.417 e. The summed E-state index contributed by atoms with van der Waals surface area (Å²) in [5.41, 5.74) is -1.20. The highest BCUT2D eigenvalue weighted by molar-refractivity contribution is 9.10. The van der Waals surface area contributed by atoms with E-state index >= 15 is 0 Å². The second-order valence-corrected chi connectivity index (χ2v) is 6.54. The number of nitrogens with one attached hydrogen (secondary N) is 2. The van der Waals surface area contributed by atoms with E-state index in [1.54, 1.807) is 0 Å². The molecule has 1 fully saturated rings. The number of hydrogen-bond donors (Lipinski definition) is 2. The Kier molecular flexibility index (Phi) is 4.25. The zero-order valence-electron chi connectivity index (χ0n) is 12.2. The third kappa shape index (κ3) is 3.53. The zero-order chi connectivity index (χ0) is 17.5. The van der Waals surface area contributed by atoms with Gasteiger partial charge in [-0.2, -0.15) is 13.2 Å². The van der Waals surface area contributed by atoms with Crippen LogP contribution in [0.1, 0.15) is 23.5 Å². The maximum atomic E-state index is 12.7. The average Bonchev–Trinajstić information content (AvgIpc) is 3.29. The van der Waals surface area contributed by atoms with Gasteiger partial charge in [0.1, 0.15) is 5.69 Å². The van der Waals surface area contributed by atoms with Gasteiger partial charge in [-0.25, -0.2) is 0 Å². The highest BCUT2D eigenvalue weighted by atomic mass is 79.9. The average molecular weight is 401 g/mol. The summed E-state index contributed by atoms with van der Waals surface area (Å²) < 4.78 is 39.0. The Morgan fingerprint density at radius 3 is 2.71 bits per heavy atom. The van der Waals surface area contributed by atoms with Crippen molar-refractivity contribution < 1.29 is 18.0 Å². The number of amides is 1. The van der Waals surface area contributed by atoms with E-state index in [1.165, 1.54) is 0 Å². The standard InChI is InChI=1S/C16H12BrF3N2O2/c17-10-3-1-2-8(4-10)11-6-12(11)14(23)22-13-5-9(16(18,19)20)7-21-15(13)24/h1-5,7,11-12H,6H2,(H,21,24)(H,22,23). The molecule has 1 aliphatic rings. The van der Waals surface area contributed by atoms with Crippen LogP contribution in [0.3, 0.4) is 0 Å². The molecule has 24 heavy (non-hydrogen) atoms. The van der Waals surface area contributed by atoms with Crippen molar-refractivity contribution in [3.05, 3.63) is 62.5 Å². The van der Waals surface area contributed by atoms with Crippen LogP contribution in [0.25, 0.3) is 0 Å². The van der Waals surface area contributed by atoms with Crippen molar-refractivity contribution in [3.63, 3.8) is 0 Å². The SMILES string of the molecule is O=C(Nc1cc(C(F)(F)F)c[nH]c1=O)C1CC1c1cccc(Br)c1. The second kappa shape index (κ2) is 6.08. The Balaban J connectivity index is 1.74. The first-order valence-corrected chi connectivity index (χ1v) is 7.91. The number of carbonyl (C=O) groups excluding carboxylic acids is 1. The molecule has 1 aliphatic carbocycles. The first-order chi connectivity index (χ1) is 11.3. The van der Waals surface area contributed by atoms with Crippen molar-refractivity contribution in [2.75, 3.05) is 5.32 Å². The van der Waals surface area contributed by atoms with Crippen LogP contribution in [0.5, 0.6) is 0 Å². The molecule has 0 radical (unpaired) electrons. The lowest BCUT2D eigenvalue weighted by molar-refractivity contribution is -0.137. The highest BCUT2D eigenvalue weighted by Crippen LogP contribution is 2.48. The molecular formula is C16H12BrF3N2O2. The minimum absolute atomic E-state index is 0.00683. The molecule has 0 saturated heterocycles. The molecule has 2 aromatic rings. The number of H-pyrrole nitrogens is 1. The number of rotatable bonds is 3. The number of pyridine rings is 1. The fourth-order valence-corrected chi connectivity index (χ4v) is 2.97. The van der Waals surface area contributed by atoms with Gasteiger partial charge in [0.15, 0.2) is 0 Å². The summed E-state index contributed by atoms with van der Waals surface area (Å²) in [7, 11) is 0. The predicted octanol–water partition coefficient (Wildman–Crippen LogP) is 3.90. The van der Waals surface area contributed by atoms with Gasteiger partial charge in [-0.1, -0.05) is 28.1 Å². The largest absolute Gasteiger partial charge is 0.417 e. The predicted molar refractivity (Wildman–Crippen MR) is 85.7 cm³/mol. The van der Waals surface area contributed by atoms with E-state index in [4.69, 9.17) is 0 Å². The molecule has 0 bridgehead atoms. The van der Waals surface area contributed by atoms with Gasteiger partial charge in [-0.05, 0) is 36.1 Å². The molecule has 8 heteroatoms. The van der Waals surface area contributed by atoms with Crippen LogP contribution >= 0.6 is 15.9 Å². The van der Waals surface area contributed by atoms with Crippen molar-refractivity contribution in [2.24, 2.45) is 5.92 Å². The van der Waals surface area contributed by atoms with Crippen molar-refractivity contribution in [1.82, 2.24) is 4.98 Å². The van der Waals surface area contributed by atoms with Crippen LogP contribution in [0, 0.1) is 5.92 Å². The highest BCUT2D eigenvalue weighted by Gasteiger charge is 2.44. The lowest BCUT2D eigenvalue weighted by Crippen LogP contribution is -2.22. The number of carbonyl (C=O) groups is 1. The Hall–Kier alpha value is -2.09. The Bertz CT molecular complexity index is 848. The second-order valence-electron chi connectivity index (χ2n) is 5.62. The topological polar surface area (TPSA) is 62.0 Å². The van der Waals surface area contributed by atoms with Gasteiger partial charge >= 0.3 is 6.18 Å². The minimum Gasteiger partial charge on any atom is -0.327 e. The van der Waals surface area contributed by atoms with Gasteiger partial charge < -0.3 is 10.3 Å². The number of alkyl halides is 3. The fraction of sp³-hybridized carbons (Fsp3) is 0.250. The summed E-state index contributed by atoms with van der Waals surface area (Å²) in [5.74, 6) is -0.801. The third-order valence-electron chi connectivity index (χ3n) is 3.89. The monoisotopic (exact) mass is 400 g/mol. The molecule has 1 aromatic carbocycles. The Morgan fingerprint density at radius 2 is 2.04 bits per heavy atom. The molecule has 1 aromatic heterocycles. The van der Waals surface area contributed by atoms with Crippen LogP contribution in [-0.2, 0) is 11.0 Å². The molecule has 2 N–H and O–H groups in total. The van der Waals surface area contributed by atoms with Crippen LogP contribution in [0.15, 0.2) is 45.8 Å². The van der Waals surface area contributed by atoms with Crippen molar-refractivity contribution in [2.45, 2.75) is 18.5 Å². The summed E-state index contributed by atoms with van der Waals surface area (Å²) in [6, 6.07) is 8.15. The first-order valence-electron chi connectivity index (χ1n) is 7.12. The first kappa shape index (κ1) is 16.8. The summed E-state index contributed by atoms with van der Waals surface area (Å²) >= 11 is 3.35. The molecule has 2 unspecified atom stereocenters. The van der Waals surface area contributed by atoms with Crippen molar-refractivity contribution >= 4 is 27.5 Å². The zero-order valence-corrected chi connectivity index (χ0v) is 13.7.